The fourth-order valence-corrected chi connectivity index (χ4v) is 10.3. The number of unbranched alkanes of at least 4 members (excludes halogenated alkanes) is 38. The van der Waals surface area contributed by atoms with Crippen molar-refractivity contribution in [1.82, 2.24) is 5.32 Å². The quantitative estimate of drug-likeness (QED) is 0.0205. The summed E-state index contributed by atoms with van der Waals surface area (Å²) in [4.78, 5) is 37.7. The van der Waals surface area contributed by atoms with Crippen LogP contribution in [0.1, 0.15) is 316 Å². The molecule has 452 valence electrons. The highest BCUT2D eigenvalue weighted by Crippen LogP contribution is 2.43. The van der Waals surface area contributed by atoms with Crippen LogP contribution in [0.2, 0.25) is 0 Å². The molecular formula is C67H128N2O7P+. The van der Waals surface area contributed by atoms with Gasteiger partial charge in [0.05, 0.1) is 33.8 Å². The van der Waals surface area contributed by atoms with E-state index in [1.54, 1.807) is 0 Å². The molecule has 1 amide bonds. The number of carbonyl (C=O) groups is 2. The third kappa shape index (κ3) is 58.4. The van der Waals surface area contributed by atoms with Gasteiger partial charge in [-0.15, -0.1) is 0 Å². The van der Waals surface area contributed by atoms with Gasteiger partial charge in [-0.1, -0.05) is 262 Å². The van der Waals surface area contributed by atoms with Crippen molar-refractivity contribution in [3.63, 3.8) is 0 Å². The highest BCUT2D eigenvalue weighted by molar-refractivity contribution is 7.47. The number of likely N-dealkylation sites (N-methyl/N-ethyl adjacent to an activating group) is 1. The summed E-state index contributed by atoms with van der Waals surface area (Å²) in [6.07, 6.45) is 71.1. The van der Waals surface area contributed by atoms with Crippen LogP contribution in [-0.2, 0) is 27.9 Å². The summed E-state index contributed by atoms with van der Waals surface area (Å²) >= 11 is 0. The van der Waals surface area contributed by atoms with E-state index in [0.717, 1.165) is 64.2 Å². The van der Waals surface area contributed by atoms with Crippen molar-refractivity contribution in [2.45, 2.75) is 328 Å². The Bertz CT molecular complexity index is 1460. The van der Waals surface area contributed by atoms with Crippen molar-refractivity contribution in [2.24, 2.45) is 0 Å². The molecule has 0 aliphatic heterocycles. The number of hydrogen-bond donors (Lipinski definition) is 2. The van der Waals surface area contributed by atoms with Gasteiger partial charge >= 0.3 is 13.8 Å². The molecule has 0 aromatic heterocycles. The van der Waals surface area contributed by atoms with E-state index in [1.807, 2.05) is 33.3 Å². The summed E-state index contributed by atoms with van der Waals surface area (Å²) in [6, 6.07) is -0.848. The molecular weight excluding hydrogens is 976 g/mol. The van der Waals surface area contributed by atoms with E-state index in [2.05, 4.69) is 62.5 Å². The maximum Gasteiger partial charge on any atom is 0.472 e. The number of allylic oxidation sites excluding steroid dienone is 7. The van der Waals surface area contributed by atoms with Crippen molar-refractivity contribution >= 4 is 19.7 Å². The number of rotatable bonds is 60. The average molecular weight is 1100 g/mol. The second-order valence-corrected chi connectivity index (χ2v) is 25.1. The summed E-state index contributed by atoms with van der Waals surface area (Å²) < 4.78 is 30.7. The number of phosphoric ester groups is 1. The first-order valence-corrected chi connectivity index (χ1v) is 34.5. The molecule has 0 fully saturated rings. The van der Waals surface area contributed by atoms with Gasteiger partial charge in [0.15, 0.2) is 0 Å². The topological polar surface area (TPSA) is 111 Å². The number of nitrogens with one attached hydrogen (secondary N) is 1. The van der Waals surface area contributed by atoms with Crippen LogP contribution in [0.15, 0.2) is 48.6 Å². The Balaban J connectivity index is 5.04. The predicted octanol–water partition coefficient (Wildman–Crippen LogP) is 20.5. The lowest BCUT2D eigenvalue weighted by molar-refractivity contribution is -0.870. The number of carbonyl (C=O) groups excluding carboxylic acids is 2. The summed E-state index contributed by atoms with van der Waals surface area (Å²) in [5.41, 5.74) is 0. The Kier molecular flexibility index (Phi) is 55.7. The summed E-state index contributed by atoms with van der Waals surface area (Å²) in [6.45, 7) is 7.00. The third-order valence-corrected chi connectivity index (χ3v) is 15.7. The van der Waals surface area contributed by atoms with E-state index in [-0.39, 0.29) is 31.5 Å². The number of phosphoric acid groups is 1. The first-order valence-electron chi connectivity index (χ1n) is 33.0. The van der Waals surface area contributed by atoms with E-state index in [1.165, 1.54) is 218 Å². The molecule has 77 heavy (non-hydrogen) atoms. The normalized spacial score (nSPS) is 13.9. The largest absolute Gasteiger partial charge is 0.472 e. The molecule has 0 rings (SSSR count). The summed E-state index contributed by atoms with van der Waals surface area (Å²) in [5, 5.41) is 3.06. The maximum absolute atomic E-state index is 13.6. The standard InChI is InChI=1S/C67H127N2O7P/c1-7-10-13-16-19-22-25-27-29-30-31-32-33-34-35-36-37-38-40-41-44-47-50-53-56-59-66(70)68-64(63-75-77(72,73)74-62-61-69(4,5)6)65(58-55-52-49-46-43-24-21-18-15-12-9-3)76-67(71)60-57-54-51-48-45-42-39-28-26-23-20-17-14-11-8-2/h19,22-23,26-27,29,55,58,64-65H,7-18,20-21,24-25,28,30-54,56-57,59-63H2,1-6H3,(H-,68,70,72,73)/p+1/b22-19-,26-23-,29-27-,58-55-. The van der Waals surface area contributed by atoms with Gasteiger partial charge in [0.1, 0.15) is 19.3 Å². The van der Waals surface area contributed by atoms with Crippen LogP contribution in [0, 0.1) is 0 Å². The number of ether oxygens (including phenoxy) is 1. The van der Waals surface area contributed by atoms with Crippen molar-refractivity contribution < 1.29 is 37.3 Å². The van der Waals surface area contributed by atoms with Gasteiger partial charge in [-0.3, -0.25) is 18.6 Å². The van der Waals surface area contributed by atoms with Crippen molar-refractivity contribution in [2.75, 3.05) is 40.9 Å². The van der Waals surface area contributed by atoms with Gasteiger partial charge in [0.2, 0.25) is 5.91 Å². The van der Waals surface area contributed by atoms with Crippen molar-refractivity contribution in [1.29, 1.82) is 0 Å². The summed E-state index contributed by atoms with van der Waals surface area (Å²) in [5.74, 6) is -0.500. The Morgan fingerprint density at radius 2 is 0.792 bits per heavy atom. The van der Waals surface area contributed by atoms with Crippen LogP contribution in [0.25, 0.3) is 0 Å². The van der Waals surface area contributed by atoms with E-state index >= 15 is 0 Å². The molecule has 0 radical (unpaired) electrons. The Morgan fingerprint density at radius 1 is 0.455 bits per heavy atom. The van der Waals surface area contributed by atoms with Crippen molar-refractivity contribution in [3.05, 3.63) is 48.6 Å². The van der Waals surface area contributed by atoms with E-state index < -0.39 is 20.0 Å². The molecule has 0 aliphatic carbocycles. The molecule has 2 N–H and O–H groups in total. The minimum atomic E-state index is -4.45. The van der Waals surface area contributed by atoms with E-state index in [4.69, 9.17) is 13.8 Å². The fraction of sp³-hybridized carbons (Fsp3) is 0.851. The van der Waals surface area contributed by atoms with Crippen molar-refractivity contribution in [3.8, 4) is 0 Å². The number of nitrogens with zero attached hydrogens (tertiary/aromatic N) is 1. The highest BCUT2D eigenvalue weighted by Gasteiger charge is 2.30. The minimum Gasteiger partial charge on any atom is -0.456 e. The first kappa shape index (κ1) is 75.0. The zero-order chi connectivity index (χ0) is 56.4. The van der Waals surface area contributed by atoms with E-state index in [9.17, 15) is 19.0 Å². The SMILES string of the molecule is CCCCC/C=C\C/C=C\CCCCCCCCCCCCCCCCCC(=O)NC(COP(=O)(O)OCC[N+](C)(C)C)C(/C=C\CCCCCCCCCCC)OC(=O)CCCCCCCCC/C=C\CCCCCC. The van der Waals surface area contributed by atoms with Gasteiger partial charge in [-0.2, -0.15) is 0 Å². The van der Waals surface area contributed by atoms with Gasteiger partial charge in [-0.25, -0.2) is 4.57 Å². The second kappa shape index (κ2) is 57.2. The molecule has 3 atom stereocenters. The number of quaternary nitrogens is 1. The number of hydrogen-bond acceptors (Lipinski definition) is 6. The monoisotopic (exact) mass is 1100 g/mol. The molecule has 0 spiro atoms. The zero-order valence-electron chi connectivity index (χ0n) is 51.7. The minimum absolute atomic E-state index is 0.0406. The molecule has 0 heterocycles. The van der Waals surface area contributed by atoms with Gasteiger partial charge in [0.25, 0.3) is 0 Å². The molecule has 0 bridgehead atoms. The zero-order valence-corrected chi connectivity index (χ0v) is 52.6. The van der Waals surface area contributed by atoms with Crippen LogP contribution in [0.4, 0.5) is 0 Å². The van der Waals surface area contributed by atoms with Gasteiger partial charge < -0.3 is 19.4 Å². The molecule has 0 saturated carbocycles. The molecule has 0 saturated heterocycles. The number of amides is 1. The van der Waals surface area contributed by atoms with E-state index in [0.29, 0.717) is 17.4 Å². The lowest BCUT2D eigenvalue weighted by Crippen LogP contribution is -2.47. The molecule has 0 aromatic rings. The Hall–Kier alpha value is -2.03. The highest BCUT2D eigenvalue weighted by atomic mass is 31.2. The third-order valence-electron chi connectivity index (χ3n) is 14.7. The predicted molar refractivity (Wildman–Crippen MR) is 332 cm³/mol. The van der Waals surface area contributed by atoms with Crippen LogP contribution >= 0.6 is 7.82 Å². The molecule has 9 nitrogen and oxygen atoms in total. The lowest BCUT2D eigenvalue weighted by Gasteiger charge is -2.27. The van der Waals surface area contributed by atoms with Crippen LogP contribution in [0.5, 0.6) is 0 Å². The Labute approximate surface area is 478 Å². The molecule has 0 aromatic carbocycles. The first-order chi connectivity index (χ1) is 37.4. The average Bonchev–Trinajstić information content (AvgIpc) is 3.39. The second-order valence-electron chi connectivity index (χ2n) is 23.6. The van der Waals surface area contributed by atoms with Crippen LogP contribution in [0.3, 0.4) is 0 Å². The smallest absolute Gasteiger partial charge is 0.456 e. The number of esters is 1. The molecule has 0 aliphatic rings. The summed E-state index contributed by atoms with van der Waals surface area (Å²) in [7, 11) is 1.50. The lowest BCUT2D eigenvalue weighted by atomic mass is 10.0. The van der Waals surface area contributed by atoms with Crippen LogP contribution < -0.4 is 5.32 Å². The molecule has 10 heteroatoms. The maximum atomic E-state index is 13.6. The van der Waals surface area contributed by atoms with Crippen LogP contribution in [-0.4, -0.2) is 74.3 Å². The molecule has 3 unspecified atom stereocenters. The van der Waals surface area contributed by atoms with Gasteiger partial charge in [0, 0.05) is 12.8 Å². The Morgan fingerprint density at radius 3 is 1.22 bits per heavy atom. The van der Waals surface area contributed by atoms with Gasteiger partial charge in [-0.05, 0) is 89.5 Å². The fourth-order valence-electron chi connectivity index (χ4n) is 9.61.